The molecule has 1 heteroatoms. The third-order valence-electron chi connectivity index (χ3n) is 1.85. The Morgan fingerprint density at radius 3 is 2.67 bits per heavy atom. The Bertz CT molecular complexity index is 230. The number of unbranched alkanes of at least 4 members (excludes halogenated alkanes) is 1. The van der Waals surface area contributed by atoms with Crippen molar-refractivity contribution >= 4 is 11.8 Å². The van der Waals surface area contributed by atoms with Gasteiger partial charge in [-0.25, -0.2) is 0 Å². The molecule has 0 aliphatic carbocycles. The van der Waals surface area contributed by atoms with Crippen molar-refractivity contribution in [1.82, 2.24) is 0 Å². The van der Waals surface area contributed by atoms with Gasteiger partial charge in [0.05, 0.1) is 0 Å². The van der Waals surface area contributed by atoms with Crippen molar-refractivity contribution in [1.29, 1.82) is 0 Å². The maximum absolute atomic E-state index is 2.23. The standard InChI is InChI=1S/C11H16S/c1-3-4-9-12-11-8-6-5-7-10(11)2/h5-8H,3-4,9H2,1-2H3. The molecule has 0 unspecified atom stereocenters. The van der Waals surface area contributed by atoms with Gasteiger partial charge in [-0.1, -0.05) is 31.5 Å². The topological polar surface area (TPSA) is 0 Å². The third-order valence-corrected chi connectivity index (χ3v) is 3.11. The molecule has 0 atom stereocenters. The summed E-state index contributed by atoms with van der Waals surface area (Å²) in [7, 11) is 0. The number of hydrogen-bond donors (Lipinski definition) is 0. The van der Waals surface area contributed by atoms with Gasteiger partial charge in [-0.3, -0.25) is 0 Å². The predicted molar refractivity (Wildman–Crippen MR) is 56.8 cm³/mol. The summed E-state index contributed by atoms with van der Waals surface area (Å²) < 4.78 is 0. The fourth-order valence-corrected chi connectivity index (χ4v) is 2.17. The average molecular weight is 180 g/mol. The van der Waals surface area contributed by atoms with E-state index in [9.17, 15) is 0 Å². The molecule has 1 aromatic rings. The molecule has 1 rings (SSSR count). The number of rotatable bonds is 4. The van der Waals surface area contributed by atoms with E-state index in [1.807, 2.05) is 11.8 Å². The van der Waals surface area contributed by atoms with Gasteiger partial charge in [0.25, 0.3) is 0 Å². The Labute approximate surface area is 79.4 Å². The lowest BCUT2D eigenvalue weighted by molar-refractivity contribution is 0.896. The zero-order valence-corrected chi connectivity index (χ0v) is 8.66. The first-order valence-electron chi connectivity index (χ1n) is 4.53. The summed E-state index contributed by atoms with van der Waals surface area (Å²) in [6.07, 6.45) is 2.61. The molecule has 0 nitrogen and oxygen atoms in total. The highest BCUT2D eigenvalue weighted by Gasteiger charge is 1.95. The van der Waals surface area contributed by atoms with Crippen LogP contribution in [0.15, 0.2) is 29.2 Å². The van der Waals surface area contributed by atoms with E-state index < -0.39 is 0 Å². The number of thioether (sulfide) groups is 1. The summed E-state index contributed by atoms with van der Waals surface area (Å²) in [4.78, 5) is 1.44. The van der Waals surface area contributed by atoms with Crippen LogP contribution in [0.2, 0.25) is 0 Å². The van der Waals surface area contributed by atoms with Crippen LogP contribution in [-0.4, -0.2) is 5.75 Å². The van der Waals surface area contributed by atoms with Crippen LogP contribution >= 0.6 is 11.8 Å². The molecule has 1 aromatic carbocycles. The first-order valence-corrected chi connectivity index (χ1v) is 5.51. The highest BCUT2D eigenvalue weighted by Crippen LogP contribution is 2.22. The fraction of sp³-hybridized carbons (Fsp3) is 0.455. The van der Waals surface area contributed by atoms with Gasteiger partial charge in [0.15, 0.2) is 0 Å². The first-order chi connectivity index (χ1) is 5.84. The van der Waals surface area contributed by atoms with Gasteiger partial charge >= 0.3 is 0 Å². The van der Waals surface area contributed by atoms with Crippen LogP contribution in [-0.2, 0) is 0 Å². The van der Waals surface area contributed by atoms with Crippen molar-refractivity contribution in [3.63, 3.8) is 0 Å². The van der Waals surface area contributed by atoms with Crippen molar-refractivity contribution in [2.45, 2.75) is 31.6 Å². The molecule has 0 fully saturated rings. The first kappa shape index (κ1) is 9.66. The molecular weight excluding hydrogens is 164 g/mol. The second-order valence-electron chi connectivity index (χ2n) is 2.97. The van der Waals surface area contributed by atoms with Crippen LogP contribution < -0.4 is 0 Å². The van der Waals surface area contributed by atoms with E-state index in [2.05, 4.69) is 38.1 Å². The normalized spacial score (nSPS) is 10.2. The van der Waals surface area contributed by atoms with Crippen LogP contribution in [0.3, 0.4) is 0 Å². The smallest absolute Gasteiger partial charge is 0.0101 e. The molecule has 66 valence electrons. The van der Waals surface area contributed by atoms with E-state index in [4.69, 9.17) is 0 Å². The van der Waals surface area contributed by atoms with Crippen LogP contribution in [0, 0.1) is 6.92 Å². The van der Waals surface area contributed by atoms with E-state index in [-0.39, 0.29) is 0 Å². The Balaban J connectivity index is 2.46. The van der Waals surface area contributed by atoms with E-state index >= 15 is 0 Å². The largest absolute Gasteiger partial charge is 0.126 e. The second kappa shape index (κ2) is 5.26. The molecule has 0 radical (unpaired) electrons. The number of benzene rings is 1. The Morgan fingerprint density at radius 2 is 2.00 bits per heavy atom. The van der Waals surface area contributed by atoms with Crippen LogP contribution in [0.1, 0.15) is 25.3 Å². The molecule has 0 aliphatic heterocycles. The summed E-state index contributed by atoms with van der Waals surface area (Å²) in [5.74, 6) is 1.25. The van der Waals surface area contributed by atoms with Gasteiger partial charge in [0, 0.05) is 4.90 Å². The van der Waals surface area contributed by atoms with Gasteiger partial charge < -0.3 is 0 Å². The lowest BCUT2D eigenvalue weighted by Crippen LogP contribution is -1.81. The molecule has 0 saturated carbocycles. The molecular formula is C11H16S. The van der Waals surface area contributed by atoms with E-state index in [0.717, 1.165) is 0 Å². The fourth-order valence-electron chi connectivity index (χ4n) is 1.04. The minimum atomic E-state index is 1.25. The Hall–Kier alpha value is -0.430. The SMILES string of the molecule is CCCCSc1ccccc1C. The van der Waals surface area contributed by atoms with Crippen molar-refractivity contribution in [3.05, 3.63) is 29.8 Å². The predicted octanol–water partition coefficient (Wildman–Crippen LogP) is 3.89. The van der Waals surface area contributed by atoms with Gasteiger partial charge in [-0.2, -0.15) is 0 Å². The van der Waals surface area contributed by atoms with Crippen molar-refractivity contribution in [2.75, 3.05) is 5.75 Å². The Morgan fingerprint density at radius 1 is 1.25 bits per heavy atom. The monoisotopic (exact) mass is 180 g/mol. The van der Waals surface area contributed by atoms with Gasteiger partial charge in [-0.15, -0.1) is 11.8 Å². The molecule has 0 spiro atoms. The molecule has 0 N–H and O–H groups in total. The summed E-state index contributed by atoms with van der Waals surface area (Å²) in [6, 6.07) is 8.59. The third kappa shape index (κ3) is 2.90. The number of aryl methyl sites for hydroxylation is 1. The molecule has 0 heterocycles. The van der Waals surface area contributed by atoms with Gasteiger partial charge in [-0.05, 0) is 30.7 Å². The maximum Gasteiger partial charge on any atom is 0.0101 e. The van der Waals surface area contributed by atoms with E-state index in [1.54, 1.807) is 0 Å². The lowest BCUT2D eigenvalue weighted by Gasteiger charge is -2.03. The van der Waals surface area contributed by atoms with Gasteiger partial charge in [0.2, 0.25) is 0 Å². The summed E-state index contributed by atoms with van der Waals surface area (Å²) in [6.45, 7) is 4.41. The minimum absolute atomic E-state index is 1.25. The van der Waals surface area contributed by atoms with E-state index in [1.165, 1.54) is 29.1 Å². The quantitative estimate of drug-likeness (QED) is 0.500. The zero-order valence-electron chi connectivity index (χ0n) is 7.84. The highest BCUT2D eigenvalue weighted by molar-refractivity contribution is 7.99. The van der Waals surface area contributed by atoms with Crippen LogP contribution in [0.25, 0.3) is 0 Å². The summed E-state index contributed by atoms with van der Waals surface area (Å²) in [5, 5.41) is 0. The van der Waals surface area contributed by atoms with Crippen LogP contribution in [0.5, 0.6) is 0 Å². The zero-order chi connectivity index (χ0) is 8.81. The molecule has 12 heavy (non-hydrogen) atoms. The second-order valence-corrected chi connectivity index (χ2v) is 4.10. The average Bonchev–Trinajstić information content (AvgIpc) is 2.09. The van der Waals surface area contributed by atoms with Crippen LogP contribution in [0.4, 0.5) is 0 Å². The van der Waals surface area contributed by atoms with Crippen molar-refractivity contribution < 1.29 is 0 Å². The molecule has 0 saturated heterocycles. The number of hydrogen-bond acceptors (Lipinski definition) is 1. The Kier molecular flexibility index (Phi) is 4.23. The highest BCUT2D eigenvalue weighted by atomic mass is 32.2. The maximum atomic E-state index is 2.23. The van der Waals surface area contributed by atoms with E-state index in [0.29, 0.717) is 0 Å². The summed E-state index contributed by atoms with van der Waals surface area (Å²) in [5.41, 5.74) is 1.40. The summed E-state index contributed by atoms with van der Waals surface area (Å²) >= 11 is 1.97. The van der Waals surface area contributed by atoms with Gasteiger partial charge in [0.1, 0.15) is 0 Å². The van der Waals surface area contributed by atoms with Crippen molar-refractivity contribution in [3.8, 4) is 0 Å². The molecule has 0 aliphatic rings. The minimum Gasteiger partial charge on any atom is -0.126 e. The van der Waals surface area contributed by atoms with Crippen molar-refractivity contribution in [2.24, 2.45) is 0 Å². The lowest BCUT2D eigenvalue weighted by atomic mass is 10.2. The molecule has 0 aromatic heterocycles. The molecule has 0 bridgehead atoms. The molecule has 0 amide bonds.